The summed E-state index contributed by atoms with van der Waals surface area (Å²) < 4.78 is 5.29. The van der Waals surface area contributed by atoms with Crippen molar-refractivity contribution in [2.24, 2.45) is 0 Å². The Labute approximate surface area is 65.5 Å². The normalized spacial score (nSPS) is 44.1. The van der Waals surface area contributed by atoms with Gasteiger partial charge in [0.2, 0.25) is 5.78 Å². The number of ketones is 1. The van der Waals surface area contributed by atoms with Crippen molar-refractivity contribution in [3.05, 3.63) is 7.05 Å². The van der Waals surface area contributed by atoms with Crippen LogP contribution >= 0.6 is 0 Å². The first-order valence-electron chi connectivity index (χ1n) is 3.86. The molecule has 4 heteroatoms. The maximum absolute atomic E-state index is 11.2. The fourth-order valence-electron chi connectivity index (χ4n) is 1.74. The molecule has 2 aliphatic heterocycles. The molecule has 0 aromatic carbocycles. The third-order valence-electron chi connectivity index (χ3n) is 2.31. The Hall–Kier alpha value is -0.450. The molecule has 0 amide bonds. The molecule has 11 heavy (non-hydrogen) atoms. The molecule has 2 aliphatic rings. The number of hydrogen-bond donors (Lipinski definition) is 2. The van der Waals surface area contributed by atoms with Crippen LogP contribution in [0.3, 0.4) is 0 Å². The smallest absolute Gasteiger partial charge is 0.217 e. The molecule has 4 nitrogen and oxygen atoms in total. The maximum atomic E-state index is 11.2. The zero-order valence-electron chi connectivity index (χ0n) is 6.30. The molecule has 3 unspecified atom stereocenters. The second kappa shape index (κ2) is 2.55. The van der Waals surface area contributed by atoms with E-state index in [1.807, 2.05) is 0 Å². The molecule has 2 rings (SSSR count). The van der Waals surface area contributed by atoms with Crippen molar-refractivity contribution >= 4 is 5.78 Å². The average Bonchev–Trinajstić information content (AvgIpc) is 2.34. The van der Waals surface area contributed by atoms with E-state index in [9.17, 15) is 4.79 Å². The predicted octanol–water partition coefficient (Wildman–Crippen LogP) is -2.09. The van der Waals surface area contributed by atoms with Crippen molar-refractivity contribution in [3.8, 4) is 0 Å². The monoisotopic (exact) mass is 156 g/mol. The van der Waals surface area contributed by atoms with Crippen molar-refractivity contribution < 1.29 is 14.5 Å². The van der Waals surface area contributed by atoms with E-state index in [1.165, 1.54) is 0 Å². The van der Waals surface area contributed by atoms with Gasteiger partial charge >= 0.3 is 0 Å². The number of quaternary nitrogens is 1. The van der Waals surface area contributed by atoms with Crippen LogP contribution < -0.4 is 10.4 Å². The van der Waals surface area contributed by atoms with Gasteiger partial charge in [0, 0.05) is 6.54 Å². The van der Waals surface area contributed by atoms with Crippen molar-refractivity contribution in [2.45, 2.75) is 18.6 Å². The fourth-order valence-corrected chi connectivity index (χ4v) is 1.74. The Morgan fingerprint density at radius 2 is 2.55 bits per heavy atom. The third-order valence-corrected chi connectivity index (χ3v) is 2.31. The minimum absolute atomic E-state index is 0.0660. The topological polar surface area (TPSA) is 42.8 Å². The van der Waals surface area contributed by atoms with Crippen LogP contribution in [0.4, 0.5) is 0 Å². The number of ether oxygens (including phenoxy) is 1. The number of carbonyl (C=O) groups is 1. The van der Waals surface area contributed by atoms with Crippen LogP contribution in [0.2, 0.25) is 0 Å². The minimum Gasteiger partial charge on any atom is -0.377 e. The number of carbonyl (C=O) groups excluding carboxylic acids is 1. The van der Waals surface area contributed by atoms with Crippen molar-refractivity contribution in [1.29, 1.82) is 0 Å². The molecule has 0 radical (unpaired) electrons. The summed E-state index contributed by atoms with van der Waals surface area (Å²) in [5.74, 6) is 0.173. The van der Waals surface area contributed by atoms with E-state index in [1.54, 1.807) is 0 Å². The predicted molar refractivity (Wildman–Crippen MR) is 37.5 cm³/mol. The molecule has 0 aliphatic carbocycles. The van der Waals surface area contributed by atoms with E-state index in [-0.39, 0.29) is 24.5 Å². The van der Waals surface area contributed by atoms with E-state index in [0.29, 0.717) is 0 Å². The first-order chi connectivity index (χ1) is 5.29. The minimum atomic E-state index is -0.0660. The molecule has 0 saturated carbocycles. The summed E-state index contributed by atoms with van der Waals surface area (Å²) >= 11 is 0. The molecular weight excluding hydrogens is 144 g/mol. The van der Waals surface area contributed by atoms with Gasteiger partial charge in [-0.25, -0.2) is 0 Å². The Balaban J connectivity index is 2.14. The summed E-state index contributed by atoms with van der Waals surface area (Å²) in [5, 5.41) is 0.837. The quantitative estimate of drug-likeness (QED) is 0.395. The SMILES string of the molecule is [CH2-][NH+]1NCCC2OCC(=O)C21. The number of Topliss-reactive ketones (excluding diaryl/α,β-unsaturated/α-hetero) is 1. The number of fused-ring (bicyclic) bond motifs is 1. The first-order valence-corrected chi connectivity index (χ1v) is 3.86. The molecule has 2 N–H and O–H groups in total. The molecule has 2 heterocycles. The van der Waals surface area contributed by atoms with Gasteiger partial charge in [0.25, 0.3) is 0 Å². The summed E-state index contributed by atoms with van der Waals surface area (Å²) in [7, 11) is 3.80. The largest absolute Gasteiger partial charge is 0.377 e. The molecule has 0 aromatic heterocycles. The van der Waals surface area contributed by atoms with Gasteiger partial charge in [-0.3, -0.25) is 4.79 Å². The highest BCUT2D eigenvalue weighted by molar-refractivity contribution is 5.86. The molecule has 62 valence electrons. The van der Waals surface area contributed by atoms with Gasteiger partial charge < -0.3 is 9.75 Å². The van der Waals surface area contributed by atoms with Crippen LogP contribution in [-0.2, 0) is 9.53 Å². The van der Waals surface area contributed by atoms with E-state index >= 15 is 0 Å². The zero-order chi connectivity index (χ0) is 7.84. The summed E-state index contributed by atoms with van der Waals surface area (Å²) in [4.78, 5) is 11.2. The highest BCUT2D eigenvalue weighted by Crippen LogP contribution is 2.12. The lowest BCUT2D eigenvalue weighted by Crippen LogP contribution is -3.20. The Morgan fingerprint density at radius 3 is 3.27 bits per heavy atom. The van der Waals surface area contributed by atoms with Crippen LogP contribution in [0, 0.1) is 7.05 Å². The van der Waals surface area contributed by atoms with Gasteiger partial charge in [-0.05, 0) is 6.42 Å². The van der Waals surface area contributed by atoms with E-state index in [4.69, 9.17) is 4.74 Å². The second-order valence-electron chi connectivity index (χ2n) is 3.03. The van der Waals surface area contributed by atoms with E-state index in [0.717, 1.165) is 18.0 Å². The van der Waals surface area contributed by atoms with Crippen LogP contribution in [0.1, 0.15) is 6.42 Å². The van der Waals surface area contributed by atoms with Gasteiger partial charge in [0.1, 0.15) is 12.7 Å². The standard InChI is InChI=1S/C7H12N2O2/c1-9-7-5(10)4-11-6(7)2-3-8-9/h6-9H,1-4H2. The first kappa shape index (κ1) is 7.21. The van der Waals surface area contributed by atoms with Crippen LogP contribution in [0.25, 0.3) is 0 Å². The average molecular weight is 156 g/mol. The highest BCUT2D eigenvalue weighted by Gasteiger charge is 2.42. The zero-order valence-corrected chi connectivity index (χ0v) is 6.30. The summed E-state index contributed by atoms with van der Waals surface area (Å²) in [6.07, 6.45) is 1.03. The van der Waals surface area contributed by atoms with E-state index in [2.05, 4.69) is 12.5 Å². The second-order valence-corrected chi connectivity index (χ2v) is 3.03. The van der Waals surface area contributed by atoms with Gasteiger partial charge in [0.15, 0.2) is 6.04 Å². The van der Waals surface area contributed by atoms with Gasteiger partial charge in [-0.15, -0.1) is 7.05 Å². The van der Waals surface area contributed by atoms with Gasteiger partial charge in [0.05, 0.1) is 0 Å². The summed E-state index contributed by atoms with van der Waals surface area (Å²) in [6, 6.07) is -0.0660. The Kier molecular flexibility index (Phi) is 1.67. The third kappa shape index (κ3) is 1.07. The molecular formula is C7H12N2O2. The van der Waals surface area contributed by atoms with Gasteiger partial charge in [-0.1, -0.05) is 0 Å². The number of hydrogen-bond acceptors (Lipinski definition) is 3. The van der Waals surface area contributed by atoms with Crippen molar-refractivity contribution in [1.82, 2.24) is 5.43 Å². The molecule has 2 fully saturated rings. The van der Waals surface area contributed by atoms with E-state index < -0.39 is 0 Å². The van der Waals surface area contributed by atoms with Crippen LogP contribution in [0.15, 0.2) is 0 Å². The maximum Gasteiger partial charge on any atom is 0.217 e. The summed E-state index contributed by atoms with van der Waals surface area (Å²) in [5.41, 5.74) is 3.09. The summed E-state index contributed by atoms with van der Waals surface area (Å²) in [6.45, 7) is 1.16. The Bertz CT molecular complexity index is 183. The lowest BCUT2D eigenvalue weighted by Gasteiger charge is -2.34. The fraction of sp³-hybridized carbons (Fsp3) is 0.714. The molecule has 0 spiro atoms. The van der Waals surface area contributed by atoms with Gasteiger partial charge in [-0.2, -0.15) is 5.43 Å². The molecule has 0 bridgehead atoms. The van der Waals surface area contributed by atoms with Crippen molar-refractivity contribution in [3.63, 3.8) is 0 Å². The number of rotatable bonds is 0. The number of nitrogens with one attached hydrogen (secondary N) is 2. The lowest BCUT2D eigenvalue weighted by molar-refractivity contribution is -0.924. The molecule has 0 aromatic rings. The molecule has 2 saturated heterocycles. The highest BCUT2D eigenvalue weighted by atomic mass is 16.5. The molecule has 3 atom stereocenters. The van der Waals surface area contributed by atoms with Crippen LogP contribution in [0.5, 0.6) is 0 Å². The van der Waals surface area contributed by atoms with Crippen LogP contribution in [-0.4, -0.2) is 31.1 Å². The lowest BCUT2D eigenvalue weighted by atomic mass is 10.0. The Morgan fingerprint density at radius 1 is 1.73 bits per heavy atom. The van der Waals surface area contributed by atoms with Crippen molar-refractivity contribution in [2.75, 3.05) is 13.2 Å².